The second-order valence-electron chi connectivity index (χ2n) is 8.44. The van der Waals surface area contributed by atoms with Crippen LogP contribution >= 0.6 is 0 Å². The lowest BCUT2D eigenvalue weighted by molar-refractivity contribution is 0.0694. The molecule has 0 spiro atoms. The molecule has 1 fully saturated rings. The number of hydrogen-bond donors (Lipinski definition) is 1. The molecule has 0 atom stereocenters. The molecule has 0 aliphatic carbocycles. The van der Waals surface area contributed by atoms with Crippen LogP contribution in [0.1, 0.15) is 34.5 Å². The minimum absolute atomic E-state index is 0.119. The highest BCUT2D eigenvalue weighted by atomic mass is 16.5. The van der Waals surface area contributed by atoms with Crippen molar-refractivity contribution in [2.24, 2.45) is 14.1 Å². The van der Waals surface area contributed by atoms with Crippen LogP contribution in [-0.4, -0.2) is 44.5 Å². The van der Waals surface area contributed by atoms with E-state index in [1.54, 1.807) is 4.68 Å². The highest BCUT2D eigenvalue weighted by Gasteiger charge is 2.20. The number of aryl methyl sites for hydroxylation is 2. The number of rotatable bonds is 5. The van der Waals surface area contributed by atoms with E-state index in [9.17, 15) is 4.79 Å². The van der Waals surface area contributed by atoms with Gasteiger partial charge in [-0.2, -0.15) is 5.10 Å². The van der Waals surface area contributed by atoms with Crippen LogP contribution in [0.2, 0.25) is 0 Å². The van der Waals surface area contributed by atoms with Gasteiger partial charge in [0.15, 0.2) is 0 Å². The Morgan fingerprint density at radius 3 is 2.59 bits per heavy atom. The Balaban J connectivity index is 1.42. The van der Waals surface area contributed by atoms with E-state index in [2.05, 4.69) is 45.7 Å². The molecule has 4 aromatic rings. The summed E-state index contributed by atoms with van der Waals surface area (Å²) in [6.07, 6.45) is 6.34. The summed E-state index contributed by atoms with van der Waals surface area (Å²) in [7, 11) is 3.88. The molecule has 0 unspecified atom stereocenters. The average molecular weight is 430 g/mol. The number of aromatic nitrogens is 4. The first-order chi connectivity index (χ1) is 15.6. The zero-order valence-electron chi connectivity index (χ0n) is 18.4. The van der Waals surface area contributed by atoms with Crippen molar-refractivity contribution in [1.82, 2.24) is 24.6 Å². The maximum absolute atomic E-state index is 13.0. The van der Waals surface area contributed by atoms with Crippen LogP contribution in [0.25, 0.3) is 22.3 Å². The second kappa shape index (κ2) is 8.59. The summed E-state index contributed by atoms with van der Waals surface area (Å²) in [5, 5.41) is 8.67. The first-order valence-corrected chi connectivity index (χ1v) is 11.0. The van der Waals surface area contributed by atoms with Crippen LogP contribution in [0.3, 0.4) is 0 Å². The molecule has 0 radical (unpaired) electrons. The number of nitrogens with one attached hydrogen (secondary N) is 1. The van der Waals surface area contributed by atoms with E-state index in [0.29, 0.717) is 18.9 Å². The van der Waals surface area contributed by atoms with Crippen molar-refractivity contribution >= 4 is 16.9 Å². The molecule has 5 rings (SSSR count). The zero-order chi connectivity index (χ0) is 22.1. The summed E-state index contributed by atoms with van der Waals surface area (Å²) in [5.74, 6) is -0.119. The van der Waals surface area contributed by atoms with Gasteiger partial charge in [0.2, 0.25) is 0 Å². The lowest BCUT2D eigenvalue weighted by Gasteiger charge is -2.23. The first-order valence-electron chi connectivity index (χ1n) is 11.0. The monoisotopic (exact) mass is 429 g/mol. The van der Waals surface area contributed by atoms with Crippen LogP contribution in [0.15, 0.2) is 54.9 Å². The first kappa shape index (κ1) is 20.5. The normalized spacial score (nSPS) is 14.7. The maximum atomic E-state index is 13.0. The van der Waals surface area contributed by atoms with Gasteiger partial charge < -0.3 is 14.6 Å². The third-order valence-corrected chi connectivity index (χ3v) is 6.07. The Bertz CT molecular complexity index is 1250. The molecule has 3 aromatic heterocycles. The lowest BCUT2D eigenvalue weighted by Crippen LogP contribution is -2.39. The molecule has 1 saturated heterocycles. The van der Waals surface area contributed by atoms with E-state index in [1.165, 1.54) is 5.56 Å². The largest absolute Gasteiger partial charge is 0.381 e. The van der Waals surface area contributed by atoms with Crippen molar-refractivity contribution in [3.8, 4) is 11.3 Å². The minimum Gasteiger partial charge on any atom is -0.381 e. The summed E-state index contributed by atoms with van der Waals surface area (Å²) in [5.41, 5.74) is 5.61. The number of amides is 1. The van der Waals surface area contributed by atoms with E-state index < -0.39 is 0 Å². The highest BCUT2D eigenvalue weighted by Crippen LogP contribution is 2.24. The number of pyridine rings is 1. The smallest absolute Gasteiger partial charge is 0.270 e. The summed E-state index contributed by atoms with van der Waals surface area (Å²) in [6, 6.07) is 14.6. The van der Waals surface area contributed by atoms with Crippen molar-refractivity contribution in [3.05, 3.63) is 71.7 Å². The molecule has 7 heteroatoms. The van der Waals surface area contributed by atoms with Crippen molar-refractivity contribution < 1.29 is 9.53 Å². The van der Waals surface area contributed by atoms with Crippen LogP contribution in [0.4, 0.5) is 0 Å². The SMILES string of the molecule is Cn1ccc(-c2ccc(Cc3cc(C(=O)NC4CCOCC4)nc4c3ccn4C)cc2)n1. The molecule has 1 aliphatic rings. The van der Waals surface area contributed by atoms with E-state index in [-0.39, 0.29) is 11.9 Å². The number of hydrogen-bond acceptors (Lipinski definition) is 4. The number of ether oxygens (including phenoxy) is 1. The standard InChI is InChI=1S/C25H27N5O2/c1-29-11-7-21-19(15-17-3-5-18(6-4-17)22-8-12-30(2)28-22)16-23(27-24(21)29)25(31)26-20-9-13-32-14-10-20/h3-8,11-12,16,20H,9-10,13-15H2,1-2H3,(H,26,31). The molecular weight excluding hydrogens is 402 g/mol. The molecule has 0 bridgehead atoms. The number of nitrogens with zero attached hydrogens (tertiary/aromatic N) is 4. The lowest BCUT2D eigenvalue weighted by atomic mass is 10.00. The Kier molecular flexibility index (Phi) is 5.49. The van der Waals surface area contributed by atoms with Gasteiger partial charge >= 0.3 is 0 Å². The molecule has 164 valence electrons. The van der Waals surface area contributed by atoms with Gasteiger partial charge in [0, 0.05) is 56.7 Å². The van der Waals surface area contributed by atoms with Crippen LogP contribution in [0.5, 0.6) is 0 Å². The Morgan fingerprint density at radius 2 is 1.88 bits per heavy atom. The quantitative estimate of drug-likeness (QED) is 0.527. The highest BCUT2D eigenvalue weighted by molar-refractivity contribution is 5.95. The fourth-order valence-corrected chi connectivity index (χ4v) is 4.25. The molecule has 4 heterocycles. The van der Waals surface area contributed by atoms with E-state index in [1.807, 2.05) is 43.2 Å². The van der Waals surface area contributed by atoms with Crippen molar-refractivity contribution in [3.63, 3.8) is 0 Å². The average Bonchev–Trinajstić information content (AvgIpc) is 3.41. The summed E-state index contributed by atoms with van der Waals surface area (Å²) in [6.45, 7) is 1.38. The summed E-state index contributed by atoms with van der Waals surface area (Å²) < 4.78 is 9.17. The predicted octanol–water partition coefficient (Wildman–Crippen LogP) is 3.47. The van der Waals surface area contributed by atoms with Gasteiger partial charge in [0.25, 0.3) is 5.91 Å². The Morgan fingerprint density at radius 1 is 1.09 bits per heavy atom. The van der Waals surface area contributed by atoms with E-state index in [0.717, 1.165) is 47.1 Å². The molecule has 7 nitrogen and oxygen atoms in total. The summed E-state index contributed by atoms with van der Waals surface area (Å²) in [4.78, 5) is 17.6. The fraction of sp³-hybridized carbons (Fsp3) is 0.320. The third kappa shape index (κ3) is 4.16. The van der Waals surface area contributed by atoms with Gasteiger partial charge in [-0.3, -0.25) is 9.48 Å². The van der Waals surface area contributed by atoms with Crippen molar-refractivity contribution in [2.75, 3.05) is 13.2 Å². The van der Waals surface area contributed by atoms with Gasteiger partial charge in [-0.05, 0) is 48.6 Å². The van der Waals surface area contributed by atoms with E-state index in [4.69, 9.17) is 4.74 Å². The molecule has 1 amide bonds. The Labute approximate surface area is 187 Å². The minimum atomic E-state index is -0.119. The van der Waals surface area contributed by atoms with E-state index >= 15 is 0 Å². The fourth-order valence-electron chi connectivity index (χ4n) is 4.25. The van der Waals surface area contributed by atoms with Gasteiger partial charge in [0.05, 0.1) is 5.69 Å². The van der Waals surface area contributed by atoms with Gasteiger partial charge in [-0.25, -0.2) is 4.98 Å². The molecule has 1 N–H and O–H groups in total. The van der Waals surface area contributed by atoms with Crippen LogP contribution in [0, 0.1) is 0 Å². The zero-order valence-corrected chi connectivity index (χ0v) is 18.4. The van der Waals surface area contributed by atoms with Crippen molar-refractivity contribution in [2.45, 2.75) is 25.3 Å². The molecular formula is C25H27N5O2. The molecule has 1 aliphatic heterocycles. The molecule has 1 aromatic carbocycles. The second-order valence-corrected chi connectivity index (χ2v) is 8.44. The number of fused-ring (bicyclic) bond motifs is 1. The Hall–Kier alpha value is -3.45. The van der Waals surface area contributed by atoms with Gasteiger partial charge in [-0.15, -0.1) is 0 Å². The molecule has 0 saturated carbocycles. The predicted molar refractivity (Wildman–Crippen MR) is 123 cm³/mol. The van der Waals surface area contributed by atoms with Gasteiger partial charge in [-0.1, -0.05) is 24.3 Å². The maximum Gasteiger partial charge on any atom is 0.270 e. The number of carbonyl (C=O) groups is 1. The molecule has 32 heavy (non-hydrogen) atoms. The van der Waals surface area contributed by atoms with Crippen LogP contribution < -0.4 is 5.32 Å². The van der Waals surface area contributed by atoms with Gasteiger partial charge in [0.1, 0.15) is 11.3 Å². The van der Waals surface area contributed by atoms with Crippen molar-refractivity contribution in [1.29, 1.82) is 0 Å². The third-order valence-electron chi connectivity index (χ3n) is 6.07. The summed E-state index contributed by atoms with van der Waals surface area (Å²) >= 11 is 0. The topological polar surface area (TPSA) is 74.0 Å². The number of benzene rings is 1. The van der Waals surface area contributed by atoms with Crippen LogP contribution in [-0.2, 0) is 25.3 Å². The number of carbonyl (C=O) groups excluding carboxylic acids is 1.